The summed E-state index contributed by atoms with van der Waals surface area (Å²) in [7, 11) is -7.43. The molecule has 4 N–H and O–H groups in total. The number of halogens is 1. The van der Waals surface area contributed by atoms with Crippen molar-refractivity contribution in [2.75, 3.05) is 17.8 Å². The average Bonchev–Trinajstić information content (AvgIpc) is 3.57. The van der Waals surface area contributed by atoms with E-state index < -0.39 is 54.8 Å². The van der Waals surface area contributed by atoms with Gasteiger partial charge in [-0.25, -0.2) is 26.1 Å². The van der Waals surface area contributed by atoms with Crippen molar-refractivity contribution in [2.24, 2.45) is 0 Å². The number of hydrogen-bond acceptors (Lipinski definition) is 9. The summed E-state index contributed by atoms with van der Waals surface area (Å²) in [6.45, 7) is 17.3. The van der Waals surface area contributed by atoms with Crippen LogP contribution in [-0.2, 0) is 40.3 Å². The molecular weight excluding hydrogens is 730 g/mol. The van der Waals surface area contributed by atoms with E-state index in [1.807, 2.05) is 48.5 Å². The number of fused-ring (bicyclic) bond motifs is 1. The first-order valence-electron chi connectivity index (χ1n) is 17.5. The van der Waals surface area contributed by atoms with Crippen molar-refractivity contribution < 1.29 is 31.2 Å². The van der Waals surface area contributed by atoms with Gasteiger partial charge in [-0.1, -0.05) is 85.2 Å². The molecule has 2 heterocycles. The number of rotatable bonds is 18. The van der Waals surface area contributed by atoms with E-state index in [4.69, 9.17) is 16.3 Å². The van der Waals surface area contributed by atoms with Gasteiger partial charge < -0.3 is 15.4 Å². The van der Waals surface area contributed by atoms with Crippen LogP contribution in [0.4, 0.5) is 5.69 Å². The molecule has 0 saturated carbocycles. The normalized spacial score (nSPS) is 14.3. The van der Waals surface area contributed by atoms with Crippen LogP contribution in [0.2, 0.25) is 5.02 Å². The Morgan fingerprint density at radius 1 is 0.942 bits per heavy atom. The van der Waals surface area contributed by atoms with E-state index in [0.29, 0.717) is 29.3 Å². The summed E-state index contributed by atoms with van der Waals surface area (Å²) in [5.74, 6) is -0.578. The number of H-pyrrole nitrogens is 1. The zero-order chi connectivity index (χ0) is 39.4. The first-order chi connectivity index (χ1) is 23.8. The Balaban J connectivity index is 1.99. The van der Waals surface area contributed by atoms with E-state index in [0.717, 1.165) is 50.3 Å². The largest absolute Gasteiger partial charge is 0.478 e. The first-order valence-corrected chi connectivity index (χ1v) is 21.7. The van der Waals surface area contributed by atoms with Gasteiger partial charge in [0.15, 0.2) is 27.4 Å². The fraction of sp³-hybridized carbons (Fsp3) is 0.657. The number of hydrogen-bond donors (Lipinski definition) is 4. The summed E-state index contributed by atoms with van der Waals surface area (Å²) >= 11 is 6.70. The molecule has 2 unspecified atom stereocenters. The molecule has 0 spiro atoms. The topological polar surface area (TPSA) is 194 Å². The zero-order valence-corrected chi connectivity index (χ0v) is 34.6. The number of benzene rings is 1. The summed E-state index contributed by atoms with van der Waals surface area (Å²) < 4.78 is 58.8. The van der Waals surface area contributed by atoms with Gasteiger partial charge in [-0.2, -0.15) is 0 Å². The average molecular weight is 786 g/mol. The molecule has 17 heteroatoms. The highest BCUT2D eigenvalue weighted by atomic mass is 35.5. The Labute approximate surface area is 313 Å². The van der Waals surface area contributed by atoms with Crippen molar-refractivity contribution >= 4 is 54.6 Å². The monoisotopic (exact) mass is 785 g/mol. The molecule has 3 aromatic rings. The quantitative estimate of drug-likeness (QED) is 0.118. The Morgan fingerprint density at radius 3 is 2.13 bits per heavy atom. The number of anilines is 1. The van der Waals surface area contributed by atoms with E-state index in [2.05, 4.69) is 37.6 Å². The lowest BCUT2D eigenvalue weighted by Crippen LogP contribution is -2.59. The van der Waals surface area contributed by atoms with Gasteiger partial charge in [-0.05, 0) is 51.8 Å². The van der Waals surface area contributed by atoms with Crippen molar-refractivity contribution in [1.29, 1.82) is 0 Å². The van der Waals surface area contributed by atoms with Gasteiger partial charge in [0.25, 0.3) is 5.91 Å². The van der Waals surface area contributed by atoms with E-state index in [9.17, 15) is 26.4 Å². The van der Waals surface area contributed by atoms with Gasteiger partial charge in [0.2, 0.25) is 15.9 Å². The van der Waals surface area contributed by atoms with Crippen LogP contribution in [-0.4, -0.2) is 78.7 Å². The Bertz CT molecular complexity index is 1960. The number of nitrogens with zero attached hydrogens (tertiary/aromatic N) is 3. The smallest absolute Gasteiger partial charge is 0.261 e. The lowest BCUT2D eigenvalue weighted by Gasteiger charge is -2.41. The molecular formula is C35H56ClN7O7S2. The maximum Gasteiger partial charge on any atom is 0.261 e. The lowest BCUT2D eigenvalue weighted by molar-refractivity contribution is -0.130. The maximum absolute atomic E-state index is 14.3. The van der Waals surface area contributed by atoms with Crippen LogP contribution in [0.1, 0.15) is 119 Å². The third kappa shape index (κ3) is 10.7. The van der Waals surface area contributed by atoms with Crippen molar-refractivity contribution in [3.05, 3.63) is 34.7 Å². The van der Waals surface area contributed by atoms with Crippen LogP contribution in [0.3, 0.4) is 0 Å². The molecule has 1 aromatic carbocycles. The standard InChI is InChI=1S/C35H56ClN7O7S2/c1-12-13-14-15-16-17-18-26(50-25-20-19-23(51(10,46)47)21-24(25)37-30(44)22(2)42-52(11,48)49)31(45)38-35(8,9)34(6,7)32-40-39-29-27(36)28(33(3,4)5)41-43(29)32/h19-22,26,41-42H,12-18H2,1-11H3,(H,37,44)(H,38,45). The first kappa shape index (κ1) is 43.2. The summed E-state index contributed by atoms with van der Waals surface area (Å²) in [5.41, 5.74) is -0.774. The number of aromatic nitrogens is 4. The van der Waals surface area contributed by atoms with E-state index in [1.54, 1.807) is 4.52 Å². The number of carbonyl (C=O) groups excluding carboxylic acids is 2. The van der Waals surface area contributed by atoms with Crippen LogP contribution in [0.15, 0.2) is 23.1 Å². The number of carbonyl (C=O) groups is 2. The molecule has 0 saturated heterocycles. The summed E-state index contributed by atoms with van der Waals surface area (Å²) in [6, 6.07) is 2.75. The molecule has 0 radical (unpaired) electrons. The zero-order valence-electron chi connectivity index (χ0n) is 32.2. The third-order valence-electron chi connectivity index (χ3n) is 9.41. The minimum absolute atomic E-state index is 0.0282. The van der Waals surface area contributed by atoms with Crippen LogP contribution in [0, 0.1) is 0 Å². The molecule has 0 aliphatic rings. The number of ether oxygens (including phenoxy) is 1. The fourth-order valence-corrected chi connectivity index (χ4v) is 7.44. The predicted octanol–water partition coefficient (Wildman–Crippen LogP) is 5.66. The van der Waals surface area contributed by atoms with Crippen LogP contribution >= 0.6 is 11.6 Å². The molecule has 0 fully saturated rings. The third-order valence-corrected chi connectivity index (χ3v) is 11.7. The van der Waals surface area contributed by atoms with Gasteiger partial charge in [0.1, 0.15) is 10.8 Å². The van der Waals surface area contributed by atoms with Crippen LogP contribution in [0.5, 0.6) is 5.75 Å². The van der Waals surface area contributed by atoms with Crippen molar-refractivity contribution in [3.8, 4) is 5.75 Å². The molecule has 14 nitrogen and oxygen atoms in total. The summed E-state index contributed by atoms with van der Waals surface area (Å²) in [6.07, 6.45) is 7.06. The summed E-state index contributed by atoms with van der Waals surface area (Å²) in [4.78, 5) is 27.2. The number of nitrogens with one attached hydrogen (secondary N) is 4. The van der Waals surface area contributed by atoms with Gasteiger partial charge in [0, 0.05) is 22.6 Å². The molecule has 0 aliphatic heterocycles. The SMILES string of the molecule is CCCCCCCCC(Oc1ccc(S(C)(=O)=O)cc1NC(=O)C(C)NS(C)(=O)=O)C(=O)NC(C)(C)C(C)(C)c1nnc2c(Cl)c(C(C)(C)C)[nH]n12. The van der Waals surface area contributed by atoms with Crippen molar-refractivity contribution in [3.63, 3.8) is 0 Å². The number of amides is 2. The van der Waals surface area contributed by atoms with E-state index >= 15 is 0 Å². The highest BCUT2D eigenvalue weighted by molar-refractivity contribution is 7.90. The van der Waals surface area contributed by atoms with Crippen LogP contribution in [0.25, 0.3) is 5.65 Å². The molecule has 3 rings (SSSR count). The van der Waals surface area contributed by atoms with Crippen molar-refractivity contribution in [1.82, 2.24) is 29.9 Å². The van der Waals surface area contributed by atoms with Crippen LogP contribution < -0.4 is 20.1 Å². The second-order valence-corrected chi connectivity index (χ2v) is 19.8. The number of sulfonamides is 1. The van der Waals surface area contributed by atoms with E-state index in [1.165, 1.54) is 25.1 Å². The molecule has 292 valence electrons. The number of sulfone groups is 1. The molecule has 0 aliphatic carbocycles. The number of unbranched alkanes of at least 4 members (excludes halogenated alkanes) is 5. The second-order valence-electron chi connectivity index (χ2n) is 15.7. The van der Waals surface area contributed by atoms with Gasteiger partial charge in [-0.3, -0.25) is 14.7 Å². The number of aromatic amines is 1. The minimum atomic E-state index is -3.73. The minimum Gasteiger partial charge on any atom is -0.478 e. The van der Waals surface area contributed by atoms with Gasteiger partial charge in [0.05, 0.1) is 28.6 Å². The molecule has 52 heavy (non-hydrogen) atoms. The fourth-order valence-electron chi connectivity index (χ4n) is 5.59. The molecule has 2 aromatic heterocycles. The van der Waals surface area contributed by atoms with Gasteiger partial charge >= 0.3 is 0 Å². The summed E-state index contributed by atoms with van der Waals surface area (Å²) in [5, 5.41) is 18.4. The Kier molecular flexibility index (Phi) is 13.7. The van der Waals surface area contributed by atoms with E-state index in [-0.39, 0.29) is 21.7 Å². The molecule has 0 bridgehead atoms. The highest BCUT2D eigenvalue weighted by Crippen LogP contribution is 2.38. The Hall–Kier alpha value is -3.21. The maximum atomic E-state index is 14.3. The lowest BCUT2D eigenvalue weighted by atomic mass is 9.73. The Morgan fingerprint density at radius 2 is 1.56 bits per heavy atom. The molecule has 2 atom stereocenters. The predicted molar refractivity (Wildman–Crippen MR) is 204 cm³/mol. The second kappa shape index (κ2) is 16.4. The van der Waals surface area contributed by atoms with Crippen molar-refractivity contribution in [2.45, 2.75) is 141 Å². The molecule has 2 amide bonds. The van der Waals surface area contributed by atoms with Gasteiger partial charge in [-0.15, -0.1) is 10.2 Å². The highest BCUT2D eigenvalue weighted by Gasteiger charge is 2.45.